The topological polar surface area (TPSA) is 32.3 Å². The summed E-state index contributed by atoms with van der Waals surface area (Å²) in [6.07, 6.45) is 0. The first-order chi connectivity index (χ1) is 5.65. The standard InChI is InChI=1S/C8H9F2NO/c1-5-6(4-11-12)2-7(9)3-8(5)10/h2-3,11-12H,4H2,1H3. The second-order valence-electron chi connectivity index (χ2n) is 2.51. The van der Waals surface area contributed by atoms with Crippen LogP contribution in [0, 0.1) is 18.6 Å². The molecule has 4 heteroatoms. The zero-order valence-electron chi connectivity index (χ0n) is 6.56. The van der Waals surface area contributed by atoms with E-state index in [4.69, 9.17) is 5.21 Å². The van der Waals surface area contributed by atoms with Crippen LogP contribution in [0.15, 0.2) is 12.1 Å². The van der Waals surface area contributed by atoms with E-state index in [1.165, 1.54) is 13.0 Å². The molecule has 1 aromatic rings. The van der Waals surface area contributed by atoms with Crippen molar-refractivity contribution >= 4 is 0 Å². The number of rotatable bonds is 2. The van der Waals surface area contributed by atoms with Gasteiger partial charge < -0.3 is 5.21 Å². The average molecular weight is 173 g/mol. The molecule has 66 valence electrons. The van der Waals surface area contributed by atoms with E-state index in [2.05, 4.69) is 0 Å². The molecule has 1 rings (SSSR count). The summed E-state index contributed by atoms with van der Waals surface area (Å²) >= 11 is 0. The Hall–Kier alpha value is -1.00. The van der Waals surface area contributed by atoms with Crippen molar-refractivity contribution < 1.29 is 14.0 Å². The van der Waals surface area contributed by atoms with Crippen LogP contribution in [0.1, 0.15) is 11.1 Å². The molecular weight excluding hydrogens is 164 g/mol. The molecule has 0 amide bonds. The molecule has 0 saturated carbocycles. The number of hydroxylamine groups is 1. The van der Waals surface area contributed by atoms with Crippen molar-refractivity contribution in [2.24, 2.45) is 0 Å². The van der Waals surface area contributed by atoms with Crippen LogP contribution in [0.5, 0.6) is 0 Å². The predicted octanol–water partition coefficient (Wildman–Crippen LogP) is 1.75. The van der Waals surface area contributed by atoms with E-state index in [-0.39, 0.29) is 6.54 Å². The zero-order valence-corrected chi connectivity index (χ0v) is 6.56. The smallest absolute Gasteiger partial charge is 0.129 e. The molecule has 0 aliphatic rings. The Morgan fingerprint density at radius 1 is 1.42 bits per heavy atom. The van der Waals surface area contributed by atoms with Gasteiger partial charge in [-0.15, -0.1) is 0 Å². The van der Waals surface area contributed by atoms with Crippen molar-refractivity contribution in [3.8, 4) is 0 Å². The Morgan fingerprint density at radius 2 is 2.08 bits per heavy atom. The Labute approximate surface area is 68.8 Å². The van der Waals surface area contributed by atoms with Gasteiger partial charge in [0.1, 0.15) is 11.6 Å². The van der Waals surface area contributed by atoms with Crippen LogP contribution >= 0.6 is 0 Å². The van der Waals surface area contributed by atoms with Gasteiger partial charge in [0.15, 0.2) is 0 Å². The Morgan fingerprint density at radius 3 is 2.67 bits per heavy atom. The van der Waals surface area contributed by atoms with Crippen LogP contribution in [0.25, 0.3) is 0 Å². The fourth-order valence-electron chi connectivity index (χ4n) is 0.968. The van der Waals surface area contributed by atoms with Gasteiger partial charge in [0.05, 0.1) is 0 Å². The number of hydrogen-bond donors (Lipinski definition) is 2. The summed E-state index contributed by atoms with van der Waals surface area (Å²) in [5, 5.41) is 8.33. The van der Waals surface area contributed by atoms with Crippen LogP contribution in [-0.4, -0.2) is 5.21 Å². The number of halogens is 2. The average Bonchev–Trinajstić information content (AvgIpc) is 2.00. The third-order valence-corrected chi connectivity index (χ3v) is 1.69. The summed E-state index contributed by atoms with van der Waals surface area (Å²) in [6, 6.07) is 2.00. The summed E-state index contributed by atoms with van der Waals surface area (Å²) in [4.78, 5) is 0. The maximum atomic E-state index is 12.8. The lowest BCUT2D eigenvalue weighted by atomic mass is 10.1. The highest BCUT2D eigenvalue weighted by atomic mass is 19.1. The molecule has 0 aromatic heterocycles. The zero-order chi connectivity index (χ0) is 9.14. The van der Waals surface area contributed by atoms with Crippen molar-refractivity contribution in [1.29, 1.82) is 0 Å². The number of hydrogen-bond acceptors (Lipinski definition) is 2. The molecule has 0 saturated heterocycles. The van der Waals surface area contributed by atoms with Gasteiger partial charge >= 0.3 is 0 Å². The van der Waals surface area contributed by atoms with Crippen molar-refractivity contribution in [2.75, 3.05) is 0 Å². The van der Waals surface area contributed by atoms with Gasteiger partial charge in [0.2, 0.25) is 0 Å². The van der Waals surface area contributed by atoms with Gasteiger partial charge in [-0.1, -0.05) is 0 Å². The Bertz CT molecular complexity index is 289. The molecule has 0 aliphatic carbocycles. The molecule has 0 aliphatic heterocycles. The van der Waals surface area contributed by atoms with Gasteiger partial charge in [-0.3, -0.25) is 0 Å². The van der Waals surface area contributed by atoms with E-state index in [0.717, 1.165) is 6.07 Å². The minimum atomic E-state index is -0.636. The molecule has 0 bridgehead atoms. The summed E-state index contributed by atoms with van der Waals surface area (Å²) in [6.45, 7) is 1.57. The molecule has 0 spiro atoms. The lowest BCUT2D eigenvalue weighted by Gasteiger charge is -2.05. The first-order valence-corrected chi connectivity index (χ1v) is 3.46. The normalized spacial score (nSPS) is 10.3. The summed E-state index contributed by atoms with van der Waals surface area (Å²) < 4.78 is 25.4. The maximum Gasteiger partial charge on any atom is 0.129 e. The lowest BCUT2D eigenvalue weighted by Crippen LogP contribution is -2.08. The highest BCUT2D eigenvalue weighted by Crippen LogP contribution is 2.14. The molecule has 2 nitrogen and oxygen atoms in total. The highest BCUT2D eigenvalue weighted by Gasteiger charge is 2.05. The highest BCUT2D eigenvalue weighted by molar-refractivity contribution is 5.27. The molecule has 0 unspecified atom stereocenters. The minimum absolute atomic E-state index is 0.0422. The Kier molecular flexibility index (Phi) is 2.73. The first-order valence-electron chi connectivity index (χ1n) is 3.46. The number of nitrogens with one attached hydrogen (secondary N) is 1. The third-order valence-electron chi connectivity index (χ3n) is 1.69. The van der Waals surface area contributed by atoms with E-state index < -0.39 is 11.6 Å². The van der Waals surface area contributed by atoms with Crippen LogP contribution in [0.4, 0.5) is 8.78 Å². The van der Waals surface area contributed by atoms with E-state index >= 15 is 0 Å². The fourth-order valence-corrected chi connectivity index (χ4v) is 0.968. The second-order valence-corrected chi connectivity index (χ2v) is 2.51. The Balaban J connectivity index is 3.09. The molecule has 0 heterocycles. The number of benzene rings is 1. The monoisotopic (exact) mass is 173 g/mol. The molecule has 2 N–H and O–H groups in total. The second kappa shape index (κ2) is 3.60. The van der Waals surface area contributed by atoms with E-state index in [1.54, 1.807) is 0 Å². The van der Waals surface area contributed by atoms with Gasteiger partial charge in [-0.2, -0.15) is 0 Å². The van der Waals surface area contributed by atoms with Crippen molar-refractivity contribution in [1.82, 2.24) is 5.48 Å². The van der Waals surface area contributed by atoms with Gasteiger partial charge in [-0.05, 0) is 24.1 Å². The largest absolute Gasteiger partial charge is 0.316 e. The summed E-state index contributed by atoms with van der Waals surface area (Å²) in [5.41, 5.74) is 2.60. The SMILES string of the molecule is Cc1c(F)cc(F)cc1CNO. The quantitative estimate of drug-likeness (QED) is 0.668. The van der Waals surface area contributed by atoms with Crippen LogP contribution in [0.2, 0.25) is 0 Å². The van der Waals surface area contributed by atoms with Crippen molar-refractivity contribution in [3.05, 3.63) is 34.9 Å². The molecule has 0 atom stereocenters. The lowest BCUT2D eigenvalue weighted by molar-refractivity contribution is 0.161. The van der Waals surface area contributed by atoms with Crippen LogP contribution in [0.3, 0.4) is 0 Å². The van der Waals surface area contributed by atoms with Gasteiger partial charge in [0.25, 0.3) is 0 Å². The van der Waals surface area contributed by atoms with Gasteiger partial charge in [-0.25, -0.2) is 14.3 Å². The fraction of sp³-hybridized carbons (Fsp3) is 0.250. The third kappa shape index (κ3) is 1.78. The van der Waals surface area contributed by atoms with Crippen LogP contribution in [-0.2, 0) is 6.54 Å². The predicted molar refractivity (Wildman–Crippen MR) is 39.7 cm³/mol. The van der Waals surface area contributed by atoms with Crippen molar-refractivity contribution in [2.45, 2.75) is 13.5 Å². The van der Waals surface area contributed by atoms with E-state index in [0.29, 0.717) is 11.1 Å². The van der Waals surface area contributed by atoms with Crippen molar-refractivity contribution in [3.63, 3.8) is 0 Å². The summed E-state index contributed by atoms with van der Waals surface area (Å²) in [7, 11) is 0. The molecule has 1 aromatic carbocycles. The van der Waals surface area contributed by atoms with Gasteiger partial charge in [0, 0.05) is 12.6 Å². The minimum Gasteiger partial charge on any atom is -0.316 e. The molecular formula is C8H9F2NO. The molecule has 0 fully saturated rings. The first kappa shape index (κ1) is 9.09. The summed E-state index contributed by atoms with van der Waals surface area (Å²) in [5.74, 6) is -1.23. The van der Waals surface area contributed by atoms with E-state index in [1.807, 2.05) is 5.48 Å². The molecule has 0 radical (unpaired) electrons. The molecule has 12 heavy (non-hydrogen) atoms. The van der Waals surface area contributed by atoms with Crippen LogP contribution < -0.4 is 5.48 Å². The maximum absolute atomic E-state index is 12.8. The van der Waals surface area contributed by atoms with E-state index in [9.17, 15) is 8.78 Å².